The molecule has 0 spiro atoms. The number of aromatic nitrogens is 1. The van der Waals surface area contributed by atoms with Crippen LogP contribution in [0, 0.1) is 0 Å². The van der Waals surface area contributed by atoms with Crippen molar-refractivity contribution in [2.45, 2.75) is 31.2 Å². The van der Waals surface area contributed by atoms with E-state index in [0.29, 0.717) is 34.8 Å². The van der Waals surface area contributed by atoms with Gasteiger partial charge in [0.1, 0.15) is 11.3 Å². The van der Waals surface area contributed by atoms with Crippen LogP contribution in [0.15, 0.2) is 51.8 Å². The number of amides is 1. The lowest BCUT2D eigenvalue weighted by molar-refractivity contribution is -0.117. The number of anilines is 1. The van der Waals surface area contributed by atoms with E-state index in [-0.39, 0.29) is 4.90 Å². The number of hydrogen-bond donors (Lipinski definition) is 2. The molecule has 28 heavy (non-hydrogen) atoms. The number of carbonyl (C=O) groups is 1. The van der Waals surface area contributed by atoms with E-state index in [1.165, 1.54) is 38.3 Å². The number of fused-ring (bicyclic) bond motifs is 1. The molecule has 0 aliphatic rings. The molecule has 1 aromatic heterocycles. The van der Waals surface area contributed by atoms with Crippen molar-refractivity contribution in [1.82, 2.24) is 9.71 Å². The molecule has 1 amide bonds. The van der Waals surface area contributed by atoms with Gasteiger partial charge in [-0.25, -0.2) is 13.4 Å². The zero-order valence-corrected chi connectivity index (χ0v) is 16.5. The first-order valence-corrected chi connectivity index (χ1v) is 10.2. The third kappa shape index (κ3) is 4.32. The molecule has 0 radical (unpaired) electrons. The summed E-state index contributed by atoms with van der Waals surface area (Å²) < 4.78 is 37.8. The molecule has 8 nitrogen and oxygen atoms in total. The first-order chi connectivity index (χ1) is 13.3. The maximum atomic E-state index is 12.5. The Morgan fingerprint density at radius 1 is 1.21 bits per heavy atom. The average molecular weight is 403 g/mol. The fourth-order valence-electron chi connectivity index (χ4n) is 2.56. The number of sulfonamides is 1. The number of carbonyl (C=O) groups excluding carboxylic acids is 1. The highest BCUT2D eigenvalue weighted by Gasteiger charge is 2.22. The van der Waals surface area contributed by atoms with Crippen LogP contribution in [0.2, 0.25) is 0 Å². The fraction of sp³-hybridized carbons (Fsp3) is 0.263. The van der Waals surface area contributed by atoms with Gasteiger partial charge >= 0.3 is 0 Å². The highest BCUT2D eigenvalue weighted by molar-refractivity contribution is 7.89. The van der Waals surface area contributed by atoms with Crippen LogP contribution in [0.5, 0.6) is 5.75 Å². The molecule has 1 atom stereocenters. The molecule has 0 aliphatic carbocycles. The first-order valence-electron chi connectivity index (χ1n) is 8.69. The van der Waals surface area contributed by atoms with Crippen LogP contribution < -0.4 is 14.8 Å². The fourth-order valence-corrected chi connectivity index (χ4v) is 3.77. The quantitative estimate of drug-likeness (QED) is 0.628. The van der Waals surface area contributed by atoms with E-state index in [2.05, 4.69) is 15.0 Å². The van der Waals surface area contributed by atoms with Crippen LogP contribution >= 0.6 is 0 Å². The molecule has 0 fully saturated rings. The summed E-state index contributed by atoms with van der Waals surface area (Å²) >= 11 is 0. The van der Waals surface area contributed by atoms with Crippen LogP contribution in [0.1, 0.15) is 19.7 Å². The summed E-state index contributed by atoms with van der Waals surface area (Å²) in [6.45, 7) is 3.41. The van der Waals surface area contributed by atoms with Crippen LogP contribution in [-0.4, -0.2) is 32.5 Å². The second-order valence-corrected chi connectivity index (χ2v) is 7.87. The minimum absolute atomic E-state index is 0.0454. The predicted octanol–water partition coefficient (Wildman–Crippen LogP) is 2.70. The van der Waals surface area contributed by atoms with Crippen molar-refractivity contribution in [2.75, 3.05) is 12.4 Å². The Hall–Kier alpha value is -2.91. The summed E-state index contributed by atoms with van der Waals surface area (Å²) in [6.07, 6.45) is 0.667. The highest BCUT2D eigenvalue weighted by atomic mass is 32.2. The number of oxazole rings is 1. The smallest absolute Gasteiger partial charge is 0.242 e. The highest BCUT2D eigenvalue weighted by Crippen LogP contribution is 2.21. The Kier molecular flexibility index (Phi) is 5.66. The summed E-state index contributed by atoms with van der Waals surface area (Å²) in [5.74, 6) is 0.661. The van der Waals surface area contributed by atoms with Crippen LogP contribution in [0.3, 0.4) is 0 Å². The first kappa shape index (κ1) is 19.8. The second kappa shape index (κ2) is 7.99. The van der Waals surface area contributed by atoms with Crippen molar-refractivity contribution >= 4 is 32.7 Å². The second-order valence-electron chi connectivity index (χ2n) is 6.15. The Labute approximate surface area is 163 Å². The van der Waals surface area contributed by atoms with E-state index >= 15 is 0 Å². The van der Waals surface area contributed by atoms with Crippen LogP contribution in [0.25, 0.3) is 11.1 Å². The van der Waals surface area contributed by atoms with Crippen molar-refractivity contribution in [3.05, 3.63) is 48.4 Å². The van der Waals surface area contributed by atoms with Gasteiger partial charge in [0, 0.05) is 12.1 Å². The molecule has 0 saturated heterocycles. The maximum absolute atomic E-state index is 12.5. The molecule has 148 valence electrons. The summed E-state index contributed by atoms with van der Waals surface area (Å²) in [4.78, 5) is 16.8. The van der Waals surface area contributed by atoms with Gasteiger partial charge < -0.3 is 14.5 Å². The molecule has 0 saturated carbocycles. The number of nitrogens with zero attached hydrogens (tertiary/aromatic N) is 1. The molecule has 2 N–H and O–H groups in total. The number of aryl methyl sites for hydroxylation is 1. The van der Waals surface area contributed by atoms with Crippen molar-refractivity contribution in [1.29, 1.82) is 0 Å². The van der Waals surface area contributed by atoms with Gasteiger partial charge in [-0.05, 0) is 49.4 Å². The minimum Gasteiger partial charge on any atom is -0.497 e. The zero-order valence-electron chi connectivity index (χ0n) is 15.7. The minimum atomic E-state index is -3.85. The lowest BCUT2D eigenvalue weighted by Crippen LogP contribution is -2.41. The van der Waals surface area contributed by atoms with Crippen molar-refractivity contribution in [2.24, 2.45) is 0 Å². The molecule has 3 aromatic rings. The summed E-state index contributed by atoms with van der Waals surface area (Å²) in [5.41, 5.74) is 1.76. The Bertz CT molecular complexity index is 1090. The van der Waals surface area contributed by atoms with Gasteiger partial charge in [0.15, 0.2) is 11.5 Å². The van der Waals surface area contributed by atoms with E-state index in [0.717, 1.165) is 0 Å². The van der Waals surface area contributed by atoms with Gasteiger partial charge in [-0.3, -0.25) is 4.79 Å². The van der Waals surface area contributed by atoms with Crippen molar-refractivity contribution in [3.63, 3.8) is 0 Å². The molecular weight excluding hydrogens is 382 g/mol. The normalized spacial score (nSPS) is 12.7. The molecule has 0 bridgehead atoms. The van der Waals surface area contributed by atoms with Crippen molar-refractivity contribution in [3.8, 4) is 5.75 Å². The maximum Gasteiger partial charge on any atom is 0.242 e. The summed E-state index contributed by atoms with van der Waals surface area (Å²) in [7, 11) is -2.36. The van der Waals surface area contributed by atoms with E-state index in [4.69, 9.17) is 9.15 Å². The molecule has 3 rings (SSSR count). The lowest BCUT2D eigenvalue weighted by atomic mass is 10.2. The molecule has 2 aromatic carbocycles. The van der Waals surface area contributed by atoms with E-state index in [1.54, 1.807) is 18.2 Å². The molecule has 0 unspecified atom stereocenters. The van der Waals surface area contributed by atoms with Crippen LogP contribution in [0.4, 0.5) is 5.69 Å². The number of ether oxygens (including phenoxy) is 1. The number of hydrogen-bond acceptors (Lipinski definition) is 6. The molecule has 1 heterocycles. The van der Waals surface area contributed by atoms with Gasteiger partial charge in [-0.1, -0.05) is 6.92 Å². The largest absolute Gasteiger partial charge is 0.497 e. The molecule has 9 heteroatoms. The van der Waals surface area contributed by atoms with E-state index < -0.39 is 22.0 Å². The Morgan fingerprint density at radius 3 is 2.57 bits per heavy atom. The number of methoxy groups -OCH3 is 1. The third-order valence-electron chi connectivity index (χ3n) is 4.10. The van der Waals surface area contributed by atoms with Gasteiger partial charge in [0.05, 0.1) is 18.0 Å². The lowest BCUT2D eigenvalue weighted by Gasteiger charge is -2.14. The Morgan fingerprint density at radius 2 is 1.93 bits per heavy atom. The van der Waals surface area contributed by atoms with E-state index in [1.807, 2.05) is 6.92 Å². The van der Waals surface area contributed by atoms with Gasteiger partial charge in [0.2, 0.25) is 15.9 Å². The Balaban J connectivity index is 1.69. The standard InChI is InChI=1S/C19H21N3O5S/c1-4-18-21-16-11-13(5-10-17(16)27-18)20-19(23)12(2)22-28(24,25)15-8-6-14(26-3)7-9-15/h5-12,22H,4H2,1-3H3,(H,20,23)/t12-/m0/s1. The number of benzene rings is 2. The molecule has 0 aliphatic heterocycles. The van der Waals surface area contributed by atoms with Crippen molar-refractivity contribution < 1.29 is 22.4 Å². The van der Waals surface area contributed by atoms with Gasteiger partial charge in [-0.2, -0.15) is 4.72 Å². The molecular formula is C19H21N3O5S. The van der Waals surface area contributed by atoms with Gasteiger partial charge in [0.25, 0.3) is 0 Å². The summed E-state index contributed by atoms with van der Waals surface area (Å²) in [6, 6.07) is 9.99. The number of nitrogens with one attached hydrogen (secondary N) is 2. The summed E-state index contributed by atoms with van der Waals surface area (Å²) in [5, 5.41) is 2.69. The predicted molar refractivity (Wildman–Crippen MR) is 105 cm³/mol. The van der Waals surface area contributed by atoms with Gasteiger partial charge in [-0.15, -0.1) is 0 Å². The third-order valence-corrected chi connectivity index (χ3v) is 5.65. The van der Waals surface area contributed by atoms with Crippen LogP contribution in [-0.2, 0) is 21.2 Å². The average Bonchev–Trinajstić information content (AvgIpc) is 3.10. The number of rotatable bonds is 7. The monoisotopic (exact) mass is 403 g/mol. The topological polar surface area (TPSA) is 111 Å². The zero-order chi connectivity index (χ0) is 20.3. The SMILES string of the molecule is CCc1nc2cc(NC(=O)[C@H](C)NS(=O)(=O)c3ccc(OC)cc3)ccc2o1. The van der Waals surface area contributed by atoms with E-state index in [9.17, 15) is 13.2 Å².